The molecule has 7 nitrogen and oxygen atoms in total. The van der Waals surface area contributed by atoms with Gasteiger partial charge in [0.1, 0.15) is 0 Å². The highest BCUT2D eigenvalue weighted by Crippen LogP contribution is 2.34. The highest BCUT2D eigenvalue weighted by atomic mass is 16.6. The summed E-state index contributed by atoms with van der Waals surface area (Å²) in [6.07, 6.45) is 1.32. The number of nitro benzene ring substituents is 1. The molecule has 132 valence electrons. The van der Waals surface area contributed by atoms with Crippen LogP contribution in [0.2, 0.25) is 0 Å². The first-order valence-corrected chi connectivity index (χ1v) is 7.84. The van der Waals surface area contributed by atoms with Crippen molar-refractivity contribution in [3.05, 3.63) is 63.7 Å². The van der Waals surface area contributed by atoms with Gasteiger partial charge < -0.3 is 14.9 Å². The molecule has 0 aliphatic heterocycles. The first kappa shape index (κ1) is 18.3. The quantitative estimate of drug-likeness (QED) is 0.450. The van der Waals surface area contributed by atoms with Crippen LogP contribution in [0, 0.1) is 10.1 Å². The highest BCUT2D eigenvalue weighted by molar-refractivity contribution is 5.86. The number of benzene rings is 2. The van der Waals surface area contributed by atoms with Gasteiger partial charge in [0, 0.05) is 0 Å². The molecule has 2 aromatic rings. The number of ether oxygens (including phenoxy) is 2. The summed E-state index contributed by atoms with van der Waals surface area (Å²) in [7, 11) is 1.45. The van der Waals surface area contributed by atoms with E-state index < -0.39 is 4.92 Å². The van der Waals surface area contributed by atoms with E-state index in [1.165, 1.54) is 19.4 Å². The van der Waals surface area contributed by atoms with Crippen LogP contribution in [-0.4, -0.2) is 24.4 Å². The summed E-state index contributed by atoms with van der Waals surface area (Å²) < 4.78 is 10.8. The fourth-order valence-corrected chi connectivity index (χ4v) is 2.18. The van der Waals surface area contributed by atoms with Gasteiger partial charge in [-0.25, -0.2) is 0 Å². The molecule has 0 fully saturated rings. The number of methoxy groups -OCH3 is 1. The van der Waals surface area contributed by atoms with Crippen molar-refractivity contribution in [2.45, 2.75) is 26.5 Å². The van der Waals surface area contributed by atoms with Crippen molar-refractivity contribution in [1.82, 2.24) is 5.43 Å². The lowest BCUT2D eigenvalue weighted by Crippen LogP contribution is -2.09. The number of nitrogens with zero attached hydrogens (tertiary/aromatic N) is 2. The van der Waals surface area contributed by atoms with Crippen molar-refractivity contribution in [3.63, 3.8) is 0 Å². The molecule has 0 amide bonds. The zero-order valence-electron chi connectivity index (χ0n) is 14.4. The second kappa shape index (κ2) is 8.68. The summed E-state index contributed by atoms with van der Waals surface area (Å²) in [6.45, 7) is 4.27. The van der Waals surface area contributed by atoms with Gasteiger partial charge in [0.05, 0.1) is 42.5 Å². The minimum absolute atomic E-state index is 0.0867. The smallest absolute Gasteiger partial charge is 0.282 e. The van der Waals surface area contributed by atoms with Crippen molar-refractivity contribution in [2.75, 3.05) is 7.11 Å². The van der Waals surface area contributed by atoms with Crippen molar-refractivity contribution in [3.8, 4) is 11.5 Å². The Bertz CT molecular complexity index is 745. The first-order valence-electron chi connectivity index (χ1n) is 7.84. The number of hydrazone groups is 1. The number of hydrogen-bond donors (Lipinski definition) is 1. The molecule has 2 rings (SSSR count). The maximum absolute atomic E-state index is 11.3. The average Bonchev–Trinajstić information content (AvgIpc) is 2.59. The van der Waals surface area contributed by atoms with Crippen LogP contribution in [0.4, 0.5) is 5.69 Å². The van der Waals surface area contributed by atoms with E-state index >= 15 is 0 Å². The molecule has 25 heavy (non-hydrogen) atoms. The minimum Gasteiger partial charge on any atom is -0.493 e. The molecular formula is C18H21N3O4. The van der Waals surface area contributed by atoms with Crippen molar-refractivity contribution < 1.29 is 14.4 Å². The second-order valence-electron chi connectivity index (χ2n) is 5.56. The van der Waals surface area contributed by atoms with E-state index in [-0.39, 0.29) is 11.8 Å². The monoisotopic (exact) mass is 343 g/mol. The zero-order chi connectivity index (χ0) is 18.2. The summed E-state index contributed by atoms with van der Waals surface area (Å²) in [5, 5.41) is 15.4. The minimum atomic E-state index is -0.472. The molecule has 0 spiro atoms. The van der Waals surface area contributed by atoms with Gasteiger partial charge in [0.15, 0.2) is 11.5 Å². The summed E-state index contributed by atoms with van der Waals surface area (Å²) in [5.41, 5.74) is 4.18. The van der Waals surface area contributed by atoms with Crippen LogP contribution >= 0.6 is 0 Å². The summed E-state index contributed by atoms with van der Waals surface area (Å²) in [6, 6.07) is 12.6. The summed E-state index contributed by atoms with van der Waals surface area (Å²) >= 11 is 0. The molecule has 0 aliphatic rings. The zero-order valence-corrected chi connectivity index (χ0v) is 14.4. The van der Waals surface area contributed by atoms with Gasteiger partial charge in [-0.05, 0) is 25.5 Å². The van der Waals surface area contributed by atoms with Gasteiger partial charge in [-0.3, -0.25) is 10.1 Å². The Kier molecular flexibility index (Phi) is 6.33. The van der Waals surface area contributed by atoms with E-state index in [1.54, 1.807) is 6.07 Å². The molecule has 0 unspecified atom stereocenters. The Morgan fingerprint density at radius 3 is 2.56 bits per heavy atom. The molecule has 0 saturated heterocycles. The summed E-state index contributed by atoms with van der Waals surface area (Å²) in [5.74, 6) is 0.752. The molecule has 1 N–H and O–H groups in total. The third-order valence-corrected chi connectivity index (χ3v) is 3.29. The topological polar surface area (TPSA) is 86.0 Å². The SMILES string of the molecule is COc1cc([N+](=O)[O-])c(C=NNCc2ccccc2)cc1OC(C)C. The van der Waals surface area contributed by atoms with Crippen LogP contribution in [0.5, 0.6) is 11.5 Å². The van der Waals surface area contributed by atoms with E-state index in [4.69, 9.17) is 9.47 Å². The molecule has 0 aliphatic carbocycles. The van der Waals surface area contributed by atoms with E-state index in [0.717, 1.165) is 5.56 Å². The lowest BCUT2D eigenvalue weighted by molar-refractivity contribution is -0.385. The number of hydrogen-bond acceptors (Lipinski definition) is 6. The molecule has 0 atom stereocenters. The molecule has 0 saturated carbocycles. The fourth-order valence-electron chi connectivity index (χ4n) is 2.18. The third-order valence-electron chi connectivity index (χ3n) is 3.29. The van der Waals surface area contributed by atoms with Gasteiger partial charge in [0.2, 0.25) is 0 Å². The Hall–Kier alpha value is -3.09. The van der Waals surface area contributed by atoms with Crippen LogP contribution < -0.4 is 14.9 Å². The number of nitrogens with one attached hydrogen (secondary N) is 1. The fraction of sp³-hybridized carbons (Fsp3) is 0.278. The Labute approximate surface area is 146 Å². The molecule has 2 aromatic carbocycles. The highest BCUT2D eigenvalue weighted by Gasteiger charge is 2.19. The van der Waals surface area contributed by atoms with Crippen LogP contribution in [0.15, 0.2) is 47.6 Å². The number of nitro groups is 1. The molecule has 7 heteroatoms. The third kappa shape index (κ3) is 5.20. The Balaban J connectivity index is 2.21. The molecule has 0 radical (unpaired) electrons. The Morgan fingerprint density at radius 2 is 1.96 bits per heavy atom. The van der Waals surface area contributed by atoms with Crippen LogP contribution in [0.25, 0.3) is 0 Å². The van der Waals surface area contributed by atoms with Crippen LogP contribution in [0.3, 0.4) is 0 Å². The predicted octanol–water partition coefficient (Wildman–Crippen LogP) is 3.51. The second-order valence-corrected chi connectivity index (χ2v) is 5.56. The lowest BCUT2D eigenvalue weighted by Gasteiger charge is -2.14. The predicted molar refractivity (Wildman–Crippen MR) is 96.3 cm³/mol. The van der Waals surface area contributed by atoms with E-state index in [1.807, 2.05) is 44.2 Å². The molecule has 0 heterocycles. The van der Waals surface area contributed by atoms with Gasteiger partial charge in [0.25, 0.3) is 5.69 Å². The maximum Gasteiger partial charge on any atom is 0.282 e. The molecule has 0 aromatic heterocycles. The van der Waals surface area contributed by atoms with Gasteiger partial charge in [-0.2, -0.15) is 5.10 Å². The van der Waals surface area contributed by atoms with Crippen LogP contribution in [0.1, 0.15) is 25.0 Å². The van der Waals surface area contributed by atoms with Crippen molar-refractivity contribution >= 4 is 11.9 Å². The molecular weight excluding hydrogens is 322 g/mol. The van der Waals surface area contributed by atoms with Gasteiger partial charge >= 0.3 is 0 Å². The van der Waals surface area contributed by atoms with E-state index in [9.17, 15) is 10.1 Å². The lowest BCUT2D eigenvalue weighted by atomic mass is 10.1. The van der Waals surface area contributed by atoms with Crippen molar-refractivity contribution in [2.24, 2.45) is 5.10 Å². The first-order chi connectivity index (χ1) is 12.0. The standard InChI is InChI=1S/C18H21N3O4/c1-13(2)25-18-9-15(16(21(22)23)10-17(18)24-3)12-20-19-11-14-7-5-4-6-8-14/h4-10,12-13,19H,11H2,1-3H3. The maximum atomic E-state index is 11.3. The van der Waals surface area contributed by atoms with Crippen LogP contribution in [-0.2, 0) is 6.54 Å². The summed E-state index contributed by atoms with van der Waals surface area (Å²) in [4.78, 5) is 10.8. The van der Waals surface area contributed by atoms with E-state index in [2.05, 4.69) is 10.5 Å². The largest absolute Gasteiger partial charge is 0.493 e. The van der Waals surface area contributed by atoms with Gasteiger partial charge in [-0.15, -0.1) is 0 Å². The average molecular weight is 343 g/mol. The van der Waals surface area contributed by atoms with Gasteiger partial charge in [-0.1, -0.05) is 30.3 Å². The van der Waals surface area contributed by atoms with E-state index in [0.29, 0.717) is 23.6 Å². The molecule has 0 bridgehead atoms. The number of rotatable bonds is 8. The Morgan fingerprint density at radius 1 is 1.24 bits per heavy atom. The normalized spacial score (nSPS) is 10.9. The van der Waals surface area contributed by atoms with Crippen molar-refractivity contribution in [1.29, 1.82) is 0 Å².